The maximum Gasteiger partial charge on any atom is 0.451 e. The van der Waals surface area contributed by atoms with E-state index in [0.717, 1.165) is 0 Å². The number of carboxylic acid groups (broad SMARTS) is 1. The number of aromatic hydroxyl groups is 1. The zero-order valence-corrected chi connectivity index (χ0v) is 15.1. The second-order valence-electron chi connectivity index (χ2n) is 6.81. The Morgan fingerprint density at radius 2 is 2.00 bits per heavy atom. The van der Waals surface area contributed by atoms with Crippen LogP contribution >= 0.6 is 0 Å². The number of hydrogen-bond donors (Lipinski definition) is 6. The smallest absolute Gasteiger partial charge is 0.451 e. The summed E-state index contributed by atoms with van der Waals surface area (Å²) in [6.07, 6.45) is 0.776. The summed E-state index contributed by atoms with van der Waals surface area (Å²) in [7, 11) is 0.369. The van der Waals surface area contributed by atoms with Gasteiger partial charge in [0.15, 0.2) is 0 Å². The Morgan fingerprint density at radius 1 is 1.31 bits per heavy atom. The number of likely N-dealkylation sites (N-methyl/N-ethyl adjacent to an activating group) is 1. The SMILES string of the molecule is CN(CC[C@](N)(CCCCB(O)O)C(=O)O)C[C@@H](O)c1cccc(O)c1. The van der Waals surface area contributed by atoms with E-state index in [-0.39, 0.29) is 31.5 Å². The molecule has 146 valence electrons. The number of aliphatic carboxylic acids is 1. The zero-order valence-electron chi connectivity index (χ0n) is 15.1. The highest BCUT2D eigenvalue weighted by Crippen LogP contribution is 2.21. The van der Waals surface area contributed by atoms with Crippen LogP contribution in [0, 0.1) is 0 Å². The normalized spacial score (nSPS) is 14.8. The van der Waals surface area contributed by atoms with Crippen LogP contribution in [-0.2, 0) is 4.79 Å². The number of benzene rings is 1. The fourth-order valence-electron chi connectivity index (χ4n) is 2.72. The number of carboxylic acids is 1. The highest BCUT2D eigenvalue weighted by Gasteiger charge is 2.33. The van der Waals surface area contributed by atoms with Gasteiger partial charge in [-0.05, 0) is 43.9 Å². The van der Waals surface area contributed by atoms with Gasteiger partial charge >= 0.3 is 13.1 Å². The monoisotopic (exact) mass is 368 g/mol. The van der Waals surface area contributed by atoms with E-state index in [9.17, 15) is 20.1 Å². The van der Waals surface area contributed by atoms with Crippen molar-refractivity contribution in [2.75, 3.05) is 20.1 Å². The number of nitrogens with zero attached hydrogens (tertiary/aromatic N) is 1. The van der Waals surface area contributed by atoms with Gasteiger partial charge in [-0.1, -0.05) is 25.0 Å². The van der Waals surface area contributed by atoms with Crippen LogP contribution in [0.15, 0.2) is 24.3 Å². The molecule has 0 amide bonds. The molecule has 1 rings (SSSR count). The van der Waals surface area contributed by atoms with Gasteiger partial charge in [-0.15, -0.1) is 0 Å². The van der Waals surface area contributed by atoms with E-state index in [0.29, 0.717) is 24.9 Å². The molecule has 0 aliphatic heterocycles. The quantitative estimate of drug-likeness (QED) is 0.226. The number of aliphatic hydroxyl groups excluding tert-OH is 1. The number of carbonyl (C=O) groups is 1. The molecule has 1 aromatic carbocycles. The summed E-state index contributed by atoms with van der Waals surface area (Å²) in [5.41, 5.74) is 5.20. The fraction of sp³-hybridized carbons (Fsp3) is 0.588. The van der Waals surface area contributed by atoms with Crippen molar-refractivity contribution in [1.29, 1.82) is 0 Å². The van der Waals surface area contributed by atoms with Crippen LogP contribution in [0.1, 0.15) is 37.4 Å². The molecule has 0 spiro atoms. The first-order valence-corrected chi connectivity index (χ1v) is 8.68. The number of unbranched alkanes of at least 4 members (excludes halogenated alkanes) is 1. The molecule has 0 aliphatic carbocycles. The first-order valence-electron chi connectivity index (χ1n) is 8.68. The van der Waals surface area contributed by atoms with Gasteiger partial charge in [-0.3, -0.25) is 4.79 Å². The van der Waals surface area contributed by atoms with Crippen LogP contribution < -0.4 is 5.73 Å². The lowest BCUT2D eigenvalue weighted by Crippen LogP contribution is -2.50. The maximum absolute atomic E-state index is 11.5. The molecular formula is C17H29BN2O6. The Labute approximate surface area is 154 Å². The van der Waals surface area contributed by atoms with E-state index in [4.69, 9.17) is 15.8 Å². The third kappa shape index (κ3) is 7.71. The second kappa shape index (κ2) is 10.5. The van der Waals surface area contributed by atoms with E-state index in [1.165, 1.54) is 12.1 Å². The van der Waals surface area contributed by atoms with Crippen molar-refractivity contribution in [3.63, 3.8) is 0 Å². The molecular weight excluding hydrogens is 339 g/mol. The van der Waals surface area contributed by atoms with E-state index < -0.39 is 24.7 Å². The van der Waals surface area contributed by atoms with Crippen molar-refractivity contribution in [2.45, 2.75) is 43.6 Å². The standard InChI is InChI=1S/C17H29BN2O6/c1-20(12-15(22)13-5-4-6-14(21)11-13)10-8-17(19,16(23)24)7-2-3-9-18(25)26/h4-6,11,15,21-22,25-26H,2-3,7-10,12,19H2,1H3,(H,23,24)/t15-,17-/m1/s1. The van der Waals surface area contributed by atoms with Crippen LogP contribution in [-0.4, -0.2) is 69.0 Å². The van der Waals surface area contributed by atoms with E-state index in [2.05, 4.69) is 0 Å². The van der Waals surface area contributed by atoms with Gasteiger partial charge in [-0.25, -0.2) is 0 Å². The lowest BCUT2D eigenvalue weighted by molar-refractivity contribution is -0.144. The lowest BCUT2D eigenvalue weighted by Gasteiger charge is -2.28. The number of phenols is 1. The first kappa shape index (κ1) is 22.4. The number of phenolic OH excluding ortho intramolecular Hbond substituents is 1. The highest BCUT2D eigenvalue weighted by molar-refractivity contribution is 6.40. The summed E-state index contributed by atoms with van der Waals surface area (Å²) in [5, 5.41) is 46.8. The molecule has 26 heavy (non-hydrogen) atoms. The molecule has 9 heteroatoms. The Kier molecular flexibility index (Phi) is 9.04. The molecule has 0 aliphatic rings. The van der Waals surface area contributed by atoms with Gasteiger partial charge in [0.25, 0.3) is 0 Å². The van der Waals surface area contributed by atoms with Gasteiger partial charge in [0.2, 0.25) is 0 Å². The van der Waals surface area contributed by atoms with Crippen molar-refractivity contribution in [1.82, 2.24) is 4.90 Å². The van der Waals surface area contributed by atoms with Gasteiger partial charge < -0.3 is 36.0 Å². The predicted octanol–water partition coefficient (Wildman–Crippen LogP) is 0.173. The Balaban J connectivity index is 2.50. The molecule has 0 heterocycles. The molecule has 0 radical (unpaired) electrons. The number of rotatable bonds is 12. The van der Waals surface area contributed by atoms with Crippen molar-refractivity contribution in [3.8, 4) is 5.75 Å². The van der Waals surface area contributed by atoms with Crippen molar-refractivity contribution >= 4 is 13.1 Å². The summed E-state index contributed by atoms with van der Waals surface area (Å²) in [6, 6.07) is 6.36. The highest BCUT2D eigenvalue weighted by atomic mass is 16.4. The number of aliphatic hydroxyl groups is 1. The van der Waals surface area contributed by atoms with Crippen LogP contribution in [0.5, 0.6) is 5.75 Å². The van der Waals surface area contributed by atoms with Crippen LogP contribution in [0.3, 0.4) is 0 Å². The Morgan fingerprint density at radius 3 is 2.58 bits per heavy atom. The van der Waals surface area contributed by atoms with Gasteiger partial charge in [0.05, 0.1) is 6.10 Å². The van der Waals surface area contributed by atoms with Crippen molar-refractivity contribution in [3.05, 3.63) is 29.8 Å². The number of hydrogen-bond acceptors (Lipinski definition) is 7. The summed E-state index contributed by atoms with van der Waals surface area (Å²) in [6.45, 7) is 0.650. The third-order valence-corrected chi connectivity index (χ3v) is 4.44. The van der Waals surface area contributed by atoms with Crippen molar-refractivity contribution < 1.29 is 30.2 Å². The predicted molar refractivity (Wildman–Crippen MR) is 98.6 cm³/mol. The van der Waals surface area contributed by atoms with E-state index in [1.54, 1.807) is 24.1 Å². The Hall–Kier alpha value is -1.65. The molecule has 0 unspecified atom stereocenters. The van der Waals surface area contributed by atoms with E-state index >= 15 is 0 Å². The third-order valence-electron chi connectivity index (χ3n) is 4.44. The summed E-state index contributed by atoms with van der Waals surface area (Å²) < 4.78 is 0. The number of nitrogens with two attached hydrogens (primary N) is 1. The molecule has 0 aromatic heterocycles. The van der Waals surface area contributed by atoms with Gasteiger partial charge in [0.1, 0.15) is 11.3 Å². The van der Waals surface area contributed by atoms with Gasteiger partial charge in [0, 0.05) is 13.1 Å². The minimum Gasteiger partial charge on any atom is -0.508 e. The topological polar surface area (TPSA) is 147 Å². The minimum absolute atomic E-state index is 0.0732. The lowest BCUT2D eigenvalue weighted by atomic mass is 9.81. The fourth-order valence-corrected chi connectivity index (χ4v) is 2.72. The summed E-state index contributed by atoms with van der Waals surface area (Å²) in [4.78, 5) is 13.3. The molecule has 7 N–H and O–H groups in total. The molecule has 2 atom stereocenters. The molecule has 0 bridgehead atoms. The van der Waals surface area contributed by atoms with Gasteiger partial charge in [-0.2, -0.15) is 0 Å². The molecule has 0 saturated heterocycles. The van der Waals surface area contributed by atoms with Crippen LogP contribution in [0.4, 0.5) is 0 Å². The summed E-state index contributed by atoms with van der Waals surface area (Å²) >= 11 is 0. The maximum atomic E-state index is 11.5. The largest absolute Gasteiger partial charge is 0.508 e. The van der Waals surface area contributed by atoms with Crippen molar-refractivity contribution in [2.24, 2.45) is 5.73 Å². The van der Waals surface area contributed by atoms with Crippen LogP contribution in [0.2, 0.25) is 6.32 Å². The molecule has 1 aromatic rings. The zero-order chi connectivity index (χ0) is 19.7. The molecule has 0 saturated carbocycles. The summed E-state index contributed by atoms with van der Waals surface area (Å²) in [5.74, 6) is -1.02. The second-order valence-corrected chi connectivity index (χ2v) is 6.81. The average Bonchev–Trinajstić information content (AvgIpc) is 2.56. The van der Waals surface area contributed by atoms with Crippen LogP contribution in [0.25, 0.3) is 0 Å². The first-order chi connectivity index (χ1) is 12.1. The average molecular weight is 368 g/mol. The Bertz CT molecular complexity index is 574. The van der Waals surface area contributed by atoms with E-state index in [1.807, 2.05) is 0 Å². The molecule has 8 nitrogen and oxygen atoms in total. The molecule has 0 fully saturated rings. The minimum atomic E-state index is -1.40.